The molecule has 6 heteroatoms. The second kappa shape index (κ2) is 5.90. The van der Waals surface area contributed by atoms with Crippen molar-refractivity contribution in [2.75, 3.05) is 24.6 Å². The lowest BCUT2D eigenvalue weighted by Gasteiger charge is -2.23. The predicted octanol–water partition coefficient (Wildman–Crippen LogP) is 2.94. The van der Waals surface area contributed by atoms with E-state index in [4.69, 9.17) is 16.3 Å². The van der Waals surface area contributed by atoms with Crippen LogP contribution in [0.4, 0.5) is 5.95 Å². The molecule has 0 saturated carbocycles. The number of hydrogen-bond acceptors (Lipinski definition) is 5. The lowest BCUT2D eigenvalue weighted by molar-refractivity contribution is 0.311. The van der Waals surface area contributed by atoms with Crippen LogP contribution in [0, 0.1) is 5.41 Å². The van der Waals surface area contributed by atoms with Crippen molar-refractivity contribution >= 4 is 17.5 Å². The molecule has 0 N–H and O–H groups in total. The van der Waals surface area contributed by atoms with Crippen molar-refractivity contribution in [1.82, 2.24) is 15.0 Å². The zero-order valence-corrected chi connectivity index (χ0v) is 12.6. The third kappa shape index (κ3) is 3.93. The summed E-state index contributed by atoms with van der Waals surface area (Å²) in [6.07, 6.45) is 3.49. The zero-order valence-electron chi connectivity index (χ0n) is 11.8. The summed E-state index contributed by atoms with van der Waals surface area (Å²) in [5.74, 6) is 0.626. The van der Waals surface area contributed by atoms with Crippen molar-refractivity contribution in [2.24, 2.45) is 5.41 Å². The van der Waals surface area contributed by atoms with E-state index >= 15 is 0 Å². The van der Waals surface area contributed by atoms with Crippen LogP contribution in [0.3, 0.4) is 0 Å². The Labute approximate surface area is 119 Å². The molecule has 0 radical (unpaired) electrons. The summed E-state index contributed by atoms with van der Waals surface area (Å²) in [5.41, 5.74) is 0.383. The molecule has 2 heterocycles. The zero-order chi connectivity index (χ0) is 13.9. The Hall–Kier alpha value is -1.10. The lowest BCUT2D eigenvalue weighted by Crippen LogP contribution is -2.27. The van der Waals surface area contributed by atoms with Crippen LogP contribution >= 0.6 is 11.6 Å². The molecule has 1 aromatic rings. The Morgan fingerprint density at radius 3 is 2.74 bits per heavy atom. The first kappa shape index (κ1) is 14.3. The summed E-state index contributed by atoms with van der Waals surface area (Å²) < 4.78 is 5.32. The number of rotatable bonds is 3. The van der Waals surface area contributed by atoms with Gasteiger partial charge in [-0.2, -0.15) is 15.0 Å². The summed E-state index contributed by atoms with van der Waals surface area (Å²) in [5, 5.41) is 0.192. The van der Waals surface area contributed by atoms with Crippen LogP contribution in [0.2, 0.25) is 5.28 Å². The number of aromatic nitrogens is 3. The molecule has 1 saturated heterocycles. The molecule has 19 heavy (non-hydrogen) atoms. The summed E-state index contributed by atoms with van der Waals surface area (Å²) in [6.45, 7) is 8.93. The number of ether oxygens (including phenoxy) is 1. The first-order chi connectivity index (χ1) is 9.00. The van der Waals surface area contributed by atoms with Crippen molar-refractivity contribution < 1.29 is 4.74 Å². The normalized spacial score (nSPS) is 19.1. The highest BCUT2D eigenvalue weighted by Gasteiger charge is 2.24. The molecule has 0 aliphatic carbocycles. The van der Waals surface area contributed by atoms with Crippen molar-refractivity contribution in [3.8, 4) is 6.01 Å². The number of nitrogens with zero attached hydrogens (tertiary/aromatic N) is 4. The van der Waals surface area contributed by atoms with Gasteiger partial charge < -0.3 is 9.64 Å². The fraction of sp³-hybridized carbons (Fsp3) is 0.769. The van der Waals surface area contributed by atoms with Crippen LogP contribution in [0.25, 0.3) is 0 Å². The molecule has 0 atom stereocenters. The average molecular weight is 285 g/mol. The summed E-state index contributed by atoms with van der Waals surface area (Å²) in [4.78, 5) is 14.7. The minimum Gasteiger partial charge on any atom is -0.464 e. The van der Waals surface area contributed by atoms with Crippen molar-refractivity contribution in [3.05, 3.63) is 5.28 Å². The maximum absolute atomic E-state index is 5.93. The molecule has 0 spiro atoms. The average Bonchev–Trinajstić information content (AvgIpc) is 2.50. The quantitative estimate of drug-likeness (QED) is 0.854. The Morgan fingerprint density at radius 2 is 2.00 bits per heavy atom. The van der Waals surface area contributed by atoms with E-state index in [0.717, 1.165) is 25.9 Å². The maximum atomic E-state index is 5.93. The Balaban J connectivity index is 2.16. The Morgan fingerprint density at radius 1 is 1.21 bits per heavy atom. The van der Waals surface area contributed by atoms with Crippen LogP contribution in [-0.2, 0) is 0 Å². The van der Waals surface area contributed by atoms with Gasteiger partial charge in [-0.15, -0.1) is 0 Å². The van der Waals surface area contributed by atoms with Crippen LogP contribution in [0.15, 0.2) is 0 Å². The van der Waals surface area contributed by atoms with Gasteiger partial charge in [0.05, 0.1) is 6.61 Å². The van der Waals surface area contributed by atoms with Gasteiger partial charge in [0.2, 0.25) is 11.2 Å². The summed E-state index contributed by atoms with van der Waals surface area (Å²) >= 11 is 5.93. The predicted molar refractivity (Wildman–Crippen MR) is 75.9 cm³/mol. The molecule has 0 bridgehead atoms. The molecule has 1 fully saturated rings. The van der Waals surface area contributed by atoms with Gasteiger partial charge in [0.25, 0.3) is 0 Å². The van der Waals surface area contributed by atoms with E-state index in [0.29, 0.717) is 24.0 Å². The minimum atomic E-state index is 0.192. The molecule has 1 aliphatic rings. The second-order valence-electron chi connectivity index (χ2n) is 5.62. The van der Waals surface area contributed by atoms with Crippen LogP contribution in [0.5, 0.6) is 6.01 Å². The van der Waals surface area contributed by atoms with Gasteiger partial charge in [0.1, 0.15) is 0 Å². The molecule has 5 nitrogen and oxygen atoms in total. The second-order valence-corrected chi connectivity index (χ2v) is 5.96. The van der Waals surface area contributed by atoms with Gasteiger partial charge in [-0.1, -0.05) is 13.8 Å². The Bertz CT molecular complexity index is 439. The number of hydrogen-bond donors (Lipinski definition) is 0. The van der Waals surface area contributed by atoms with Gasteiger partial charge in [-0.25, -0.2) is 0 Å². The van der Waals surface area contributed by atoms with Crippen molar-refractivity contribution in [3.63, 3.8) is 0 Å². The first-order valence-electron chi connectivity index (χ1n) is 6.79. The Kier molecular flexibility index (Phi) is 4.45. The molecule has 2 rings (SSSR count). The van der Waals surface area contributed by atoms with Crippen molar-refractivity contribution in [2.45, 2.75) is 40.0 Å². The number of anilines is 1. The van der Waals surface area contributed by atoms with Gasteiger partial charge in [-0.05, 0) is 43.2 Å². The van der Waals surface area contributed by atoms with Gasteiger partial charge in [-0.3, -0.25) is 0 Å². The van der Waals surface area contributed by atoms with E-state index < -0.39 is 0 Å². The lowest BCUT2D eigenvalue weighted by atomic mass is 9.85. The highest BCUT2D eigenvalue weighted by Crippen LogP contribution is 2.31. The molecular weight excluding hydrogens is 264 g/mol. The van der Waals surface area contributed by atoms with Crippen LogP contribution < -0.4 is 9.64 Å². The summed E-state index contributed by atoms with van der Waals surface area (Å²) in [7, 11) is 0. The van der Waals surface area contributed by atoms with Gasteiger partial charge in [0.15, 0.2) is 0 Å². The third-order valence-electron chi connectivity index (χ3n) is 3.47. The van der Waals surface area contributed by atoms with E-state index in [1.54, 1.807) is 0 Å². The van der Waals surface area contributed by atoms with Gasteiger partial charge >= 0.3 is 6.01 Å². The topological polar surface area (TPSA) is 51.1 Å². The molecule has 0 amide bonds. The monoisotopic (exact) mass is 284 g/mol. The highest BCUT2D eigenvalue weighted by molar-refractivity contribution is 6.28. The SMILES string of the molecule is CCOc1nc(Cl)nc(N2CCCC(C)(C)CC2)n1. The van der Waals surface area contributed by atoms with Gasteiger partial charge in [0, 0.05) is 13.1 Å². The molecule has 1 aromatic heterocycles. The summed E-state index contributed by atoms with van der Waals surface area (Å²) in [6, 6.07) is 0.306. The van der Waals surface area contributed by atoms with Crippen molar-refractivity contribution in [1.29, 1.82) is 0 Å². The first-order valence-corrected chi connectivity index (χ1v) is 7.17. The van der Waals surface area contributed by atoms with E-state index in [9.17, 15) is 0 Å². The largest absolute Gasteiger partial charge is 0.464 e. The fourth-order valence-electron chi connectivity index (χ4n) is 2.28. The smallest absolute Gasteiger partial charge is 0.322 e. The molecule has 0 unspecified atom stereocenters. The van der Waals surface area contributed by atoms with E-state index in [1.807, 2.05) is 6.92 Å². The number of halogens is 1. The van der Waals surface area contributed by atoms with Crippen LogP contribution in [-0.4, -0.2) is 34.6 Å². The maximum Gasteiger partial charge on any atom is 0.322 e. The molecular formula is C13H21ClN4O. The fourth-order valence-corrected chi connectivity index (χ4v) is 2.43. The van der Waals surface area contributed by atoms with E-state index in [-0.39, 0.29) is 5.28 Å². The van der Waals surface area contributed by atoms with E-state index in [1.165, 1.54) is 6.42 Å². The van der Waals surface area contributed by atoms with Crippen LogP contribution in [0.1, 0.15) is 40.0 Å². The minimum absolute atomic E-state index is 0.192. The molecule has 0 aromatic carbocycles. The molecule has 106 valence electrons. The molecule has 1 aliphatic heterocycles. The van der Waals surface area contributed by atoms with E-state index in [2.05, 4.69) is 33.7 Å². The highest BCUT2D eigenvalue weighted by atomic mass is 35.5. The standard InChI is InChI=1S/C13H21ClN4O/c1-4-19-12-16-10(14)15-11(17-12)18-8-5-6-13(2,3)7-9-18/h4-9H2,1-3H3. The third-order valence-corrected chi connectivity index (χ3v) is 3.64.